The third-order valence-corrected chi connectivity index (χ3v) is 6.47. The maximum absolute atomic E-state index is 12.1. The Labute approximate surface area is 187 Å². The van der Waals surface area contributed by atoms with Crippen LogP contribution in [0.5, 0.6) is 0 Å². The van der Waals surface area contributed by atoms with Crippen molar-refractivity contribution in [2.75, 3.05) is 30.4 Å². The number of piperidine rings is 1. The average molecular weight is 495 g/mol. The summed E-state index contributed by atoms with van der Waals surface area (Å²) in [5, 5.41) is 8.72. The highest BCUT2D eigenvalue weighted by molar-refractivity contribution is 9.10. The van der Waals surface area contributed by atoms with Gasteiger partial charge in [0.1, 0.15) is 5.82 Å². The molecule has 6 nitrogen and oxygen atoms in total. The molecule has 0 aliphatic carbocycles. The van der Waals surface area contributed by atoms with Crippen LogP contribution in [0, 0.1) is 0 Å². The first-order chi connectivity index (χ1) is 14.1. The highest BCUT2D eigenvalue weighted by Gasteiger charge is 2.23. The number of amides is 1. The normalized spacial score (nSPS) is 15.1. The third-order valence-electron chi connectivity index (χ3n) is 5.05. The molecule has 1 aromatic carbocycles. The first-order valence-electron chi connectivity index (χ1n) is 9.39. The molecule has 1 amide bonds. The maximum Gasteiger partial charge on any atom is 0.232 e. The van der Waals surface area contributed by atoms with Crippen molar-refractivity contribution in [2.45, 2.75) is 18.9 Å². The van der Waals surface area contributed by atoms with Crippen molar-refractivity contribution in [3.8, 4) is 11.3 Å². The van der Waals surface area contributed by atoms with E-state index >= 15 is 0 Å². The number of fused-ring (bicyclic) bond motifs is 1. The van der Waals surface area contributed by atoms with Gasteiger partial charge in [-0.2, -0.15) is 21.4 Å². The van der Waals surface area contributed by atoms with Crippen LogP contribution in [0.4, 0.5) is 5.82 Å². The van der Waals surface area contributed by atoms with Crippen LogP contribution >= 0.6 is 39.3 Å². The van der Waals surface area contributed by atoms with E-state index < -0.39 is 0 Å². The minimum Gasteiger partial charge on any atom is -0.367 e. The minimum atomic E-state index is 0.222. The highest BCUT2D eigenvalue weighted by Crippen LogP contribution is 2.31. The monoisotopic (exact) mass is 493 g/mol. The molecule has 4 rings (SSSR count). The fourth-order valence-corrected chi connectivity index (χ4v) is 4.55. The van der Waals surface area contributed by atoms with Crippen molar-refractivity contribution in [3.63, 3.8) is 0 Å². The molecule has 0 saturated carbocycles. The molecule has 0 atom stereocenters. The van der Waals surface area contributed by atoms with E-state index in [1.54, 1.807) is 22.5 Å². The smallest absolute Gasteiger partial charge is 0.232 e. The number of hydrogen-bond donors (Lipinski definition) is 1. The van der Waals surface area contributed by atoms with Gasteiger partial charge in [0.05, 0.1) is 22.1 Å². The molecular weight excluding hydrogens is 474 g/mol. The van der Waals surface area contributed by atoms with Crippen molar-refractivity contribution in [1.29, 1.82) is 0 Å². The molecule has 1 fully saturated rings. The predicted octanol–water partition coefficient (Wildman–Crippen LogP) is 4.58. The highest BCUT2D eigenvalue weighted by atomic mass is 79.9. The van der Waals surface area contributed by atoms with Crippen molar-refractivity contribution >= 4 is 56.7 Å². The van der Waals surface area contributed by atoms with Crippen LogP contribution in [-0.4, -0.2) is 56.5 Å². The van der Waals surface area contributed by atoms with E-state index in [1.807, 2.05) is 41.5 Å². The van der Waals surface area contributed by atoms with Crippen LogP contribution in [0.3, 0.4) is 0 Å². The summed E-state index contributed by atoms with van der Waals surface area (Å²) in [6.45, 7) is 1.54. The molecule has 0 unspecified atom stereocenters. The number of rotatable bonds is 5. The van der Waals surface area contributed by atoms with Crippen LogP contribution in [0.15, 0.2) is 41.0 Å². The summed E-state index contributed by atoms with van der Waals surface area (Å²) < 4.78 is 2.63. The molecule has 1 aliphatic heterocycles. The lowest BCUT2D eigenvalue weighted by molar-refractivity contribution is -0.129. The van der Waals surface area contributed by atoms with Crippen LogP contribution in [-0.2, 0) is 4.79 Å². The second-order valence-corrected chi connectivity index (χ2v) is 9.09. The summed E-state index contributed by atoms with van der Waals surface area (Å²) in [6, 6.07) is 9.94. The number of nitrogens with one attached hydrogen (secondary N) is 1. The number of thioether (sulfide) groups is 1. The van der Waals surface area contributed by atoms with Gasteiger partial charge in [0.15, 0.2) is 5.65 Å². The molecular formula is C20H21BrClN5OS. The quantitative estimate of drug-likeness (QED) is 0.563. The number of likely N-dealkylation sites (tertiary alicyclic amines) is 1. The van der Waals surface area contributed by atoms with E-state index in [4.69, 9.17) is 16.6 Å². The summed E-state index contributed by atoms with van der Waals surface area (Å²) in [5.74, 6) is 1.63. The van der Waals surface area contributed by atoms with Gasteiger partial charge in [-0.05, 0) is 41.1 Å². The summed E-state index contributed by atoms with van der Waals surface area (Å²) in [6.07, 6.45) is 5.49. The van der Waals surface area contributed by atoms with Crippen molar-refractivity contribution in [3.05, 3.63) is 46.0 Å². The van der Waals surface area contributed by atoms with E-state index in [9.17, 15) is 4.79 Å². The van der Waals surface area contributed by atoms with Gasteiger partial charge < -0.3 is 10.2 Å². The van der Waals surface area contributed by atoms with Crippen LogP contribution in [0.25, 0.3) is 16.9 Å². The summed E-state index contributed by atoms with van der Waals surface area (Å²) in [7, 11) is 0. The number of halogens is 2. The van der Waals surface area contributed by atoms with Gasteiger partial charge in [0.2, 0.25) is 5.91 Å². The van der Waals surface area contributed by atoms with Crippen molar-refractivity contribution < 1.29 is 4.79 Å². The van der Waals surface area contributed by atoms with Gasteiger partial charge in [-0.3, -0.25) is 4.79 Å². The summed E-state index contributed by atoms with van der Waals surface area (Å²) in [4.78, 5) is 18.8. The lowest BCUT2D eigenvalue weighted by atomic mass is 10.0. The van der Waals surface area contributed by atoms with E-state index in [0.29, 0.717) is 10.8 Å². The Morgan fingerprint density at radius 1 is 1.34 bits per heavy atom. The average Bonchev–Trinajstić information content (AvgIpc) is 3.10. The molecule has 0 bridgehead atoms. The number of hydrogen-bond acceptors (Lipinski definition) is 5. The Bertz CT molecular complexity index is 1030. The van der Waals surface area contributed by atoms with E-state index in [1.165, 1.54) is 0 Å². The molecule has 9 heteroatoms. The van der Waals surface area contributed by atoms with E-state index in [2.05, 4.69) is 26.3 Å². The van der Waals surface area contributed by atoms with Gasteiger partial charge >= 0.3 is 0 Å². The zero-order valence-corrected chi connectivity index (χ0v) is 19.1. The first kappa shape index (κ1) is 20.5. The Balaban J connectivity index is 1.59. The molecule has 0 radical (unpaired) electrons. The molecule has 152 valence electrons. The maximum atomic E-state index is 12.1. The third kappa shape index (κ3) is 4.39. The van der Waals surface area contributed by atoms with E-state index in [-0.39, 0.29) is 11.9 Å². The number of carbonyl (C=O) groups excluding carboxylic acids is 1. The largest absolute Gasteiger partial charge is 0.367 e. The lowest BCUT2D eigenvalue weighted by Crippen LogP contribution is -2.43. The topological polar surface area (TPSA) is 62.5 Å². The lowest BCUT2D eigenvalue weighted by Gasteiger charge is -2.32. The zero-order valence-electron chi connectivity index (χ0n) is 15.9. The van der Waals surface area contributed by atoms with Crippen LogP contribution < -0.4 is 5.32 Å². The number of carbonyl (C=O) groups is 1. The SMILES string of the molecule is CSCC(=O)N1CCC(Nc2cc(-c3ccccc3Cl)nc3c(Br)cnn23)CC1. The van der Waals surface area contributed by atoms with Gasteiger partial charge in [0, 0.05) is 35.8 Å². The summed E-state index contributed by atoms with van der Waals surface area (Å²) >= 11 is 11.5. The van der Waals surface area contributed by atoms with Crippen LogP contribution in [0.1, 0.15) is 12.8 Å². The Kier molecular flexibility index (Phi) is 6.32. The Morgan fingerprint density at radius 2 is 2.10 bits per heavy atom. The molecule has 3 heterocycles. The molecule has 1 saturated heterocycles. The van der Waals surface area contributed by atoms with Gasteiger partial charge in [-0.1, -0.05) is 29.8 Å². The summed E-state index contributed by atoms with van der Waals surface area (Å²) in [5.41, 5.74) is 2.40. The fraction of sp³-hybridized carbons (Fsp3) is 0.350. The minimum absolute atomic E-state index is 0.222. The van der Waals surface area contributed by atoms with Gasteiger partial charge in [-0.15, -0.1) is 0 Å². The Hall–Kier alpha value is -1.77. The van der Waals surface area contributed by atoms with Crippen molar-refractivity contribution in [2.24, 2.45) is 0 Å². The standard InChI is InChI=1S/C20H21BrClN5OS/c1-29-12-19(28)26-8-6-13(7-9-26)24-18-10-17(14-4-2-3-5-16(14)22)25-20-15(21)11-23-27(18)20/h2-5,10-11,13,24H,6-9,12H2,1H3. The Morgan fingerprint density at radius 3 is 2.83 bits per heavy atom. The van der Waals surface area contributed by atoms with E-state index in [0.717, 1.165) is 53.1 Å². The molecule has 1 aliphatic rings. The number of aromatic nitrogens is 3. The van der Waals surface area contributed by atoms with Gasteiger partial charge in [0.25, 0.3) is 0 Å². The van der Waals surface area contributed by atoms with Crippen LogP contribution in [0.2, 0.25) is 5.02 Å². The molecule has 1 N–H and O–H groups in total. The zero-order chi connectivity index (χ0) is 20.4. The fourth-order valence-electron chi connectivity index (χ4n) is 3.54. The molecule has 29 heavy (non-hydrogen) atoms. The molecule has 2 aromatic heterocycles. The first-order valence-corrected chi connectivity index (χ1v) is 12.0. The second-order valence-electron chi connectivity index (χ2n) is 6.97. The van der Waals surface area contributed by atoms with Gasteiger partial charge in [-0.25, -0.2) is 4.98 Å². The predicted molar refractivity (Wildman–Crippen MR) is 123 cm³/mol. The number of benzene rings is 1. The van der Waals surface area contributed by atoms with Crippen molar-refractivity contribution in [1.82, 2.24) is 19.5 Å². The number of nitrogens with zero attached hydrogens (tertiary/aromatic N) is 4. The second kappa shape index (κ2) is 8.93. The molecule has 0 spiro atoms. The molecule has 3 aromatic rings. The number of anilines is 1.